The van der Waals surface area contributed by atoms with Crippen molar-refractivity contribution in [1.82, 2.24) is 9.55 Å². The Morgan fingerprint density at radius 2 is 2.21 bits per heavy atom. The number of nitrogens with zero attached hydrogens (tertiary/aromatic N) is 2. The minimum atomic E-state index is -0.482. The van der Waals surface area contributed by atoms with E-state index < -0.39 is 5.91 Å². The summed E-state index contributed by atoms with van der Waals surface area (Å²) in [6.45, 7) is 4.31. The molecule has 24 heavy (non-hydrogen) atoms. The van der Waals surface area contributed by atoms with E-state index in [9.17, 15) is 4.79 Å². The number of ether oxygens (including phenoxy) is 2. The van der Waals surface area contributed by atoms with Gasteiger partial charge in [0.15, 0.2) is 0 Å². The first-order valence-electron chi connectivity index (χ1n) is 8.40. The number of carbonyl (C=O) groups excluding carboxylic acids is 1. The molecule has 1 fully saturated rings. The van der Waals surface area contributed by atoms with E-state index in [-0.39, 0.29) is 6.10 Å². The Hall–Kier alpha value is -2.28. The highest BCUT2D eigenvalue weighted by Gasteiger charge is 2.21. The van der Waals surface area contributed by atoms with Crippen molar-refractivity contribution in [2.24, 2.45) is 5.73 Å². The van der Waals surface area contributed by atoms with Crippen LogP contribution in [0.4, 0.5) is 5.95 Å². The highest BCUT2D eigenvalue weighted by Crippen LogP contribution is 2.32. The molecule has 0 saturated carbocycles. The van der Waals surface area contributed by atoms with E-state index in [1.165, 1.54) is 0 Å². The van der Waals surface area contributed by atoms with Gasteiger partial charge in [0.05, 0.1) is 18.7 Å². The van der Waals surface area contributed by atoms with Crippen LogP contribution in [0.15, 0.2) is 12.1 Å². The predicted molar refractivity (Wildman–Crippen MR) is 92.6 cm³/mol. The molecule has 3 N–H and O–H groups in total. The smallest absolute Gasteiger partial charge is 0.248 e. The minimum Gasteiger partial charge on any atom is -0.488 e. The van der Waals surface area contributed by atoms with Gasteiger partial charge in [-0.25, -0.2) is 4.98 Å². The van der Waals surface area contributed by atoms with Crippen LogP contribution < -0.4 is 15.8 Å². The van der Waals surface area contributed by atoms with Crippen LogP contribution in [0.1, 0.15) is 36.5 Å². The Bertz CT molecular complexity index is 735. The lowest BCUT2D eigenvalue weighted by Crippen LogP contribution is -2.26. The van der Waals surface area contributed by atoms with Gasteiger partial charge >= 0.3 is 0 Å². The second kappa shape index (κ2) is 7.09. The zero-order chi connectivity index (χ0) is 17.1. The number of aryl methyl sites for hydroxylation is 1. The van der Waals surface area contributed by atoms with Crippen molar-refractivity contribution < 1.29 is 14.3 Å². The number of imidazole rings is 1. The number of primary amides is 1. The standard InChI is InChI=1S/C17H24N4O3/c1-3-6-21-15-13(20-17(21)19-2)9-11(16(18)22)10-14(15)24-12-4-7-23-8-5-12/h9-10,12H,3-8H2,1-2H3,(H2,18,22)(H,19,20). The normalized spacial score (nSPS) is 15.6. The summed E-state index contributed by atoms with van der Waals surface area (Å²) < 4.78 is 13.7. The first kappa shape index (κ1) is 16.6. The molecule has 1 aromatic heterocycles. The molecular weight excluding hydrogens is 308 g/mol. The van der Waals surface area contributed by atoms with Crippen molar-refractivity contribution in [2.75, 3.05) is 25.6 Å². The minimum absolute atomic E-state index is 0.0769. The van der Waals surface area contributed by atoms with Gasteiger partial charge in [-0.3, -0.25) is 4.79 Å². The van der Waals surface area contributed by atoms with Crippen LogP contribution in [0, 0.1) is 0 Å². The fraction of sp³-hybridized carbons (Fsp3) is 0.529. The summed E-state index contributed by atoms with van der Waals surface area (Å²) in [7, 11) is 1.83. The molecule has 0 radical (unpaired) electrons. The van der Waals surface area contributed by atoms with E-state index in [1.807, 2.05) is 7.05 Å². The van der Waals surface area contributed by atoms with E-state index >= 15 is 0 Å². The Morgan fingerprint density at radius 3 is 2.83 bits per heavy atom. The lowest BCUT2D eigenvalue weighted by Gasteiger charge is -2.24. The molecule has 0 unspecified atom stereocenters. The van der Waals surface area contributed by atoms with E-state index in [2.05, 4.69) is 21.8 Å². The molecule has 2 heterocycles. The topological polar surface area (TPSA) is 91.4 Å². The number of nitrogens with one attached hydrogen (secondary N) is 1. The van der Waals surface area contributed by atoms with Gasteiger partial charge in [-0.05, 0) is 18.6 Å². The number of nitrogens with two attached hydrogens (primary N) is 1. The number of benzene rings is 1. The van der Waals surface area contributed by atoms with Crippen molar-refractivity contribution >= 4 is 22.9 Å². The first-order chi connectivity index (χ1) is 11.6. The SMILES string of the molecule is CCCn1c(NC)nc2cc(C(N)=O)cc(OC3CCOCC3)c21. The highest BCUT2D eigenvalue weighted by molar-refractivity contribution is 5.98. The summed E-state index contributed by atoms with van der Waals surface area (Å²) in [5.41, 5.74) is 7.50. The zero-order valence-corrected chi connectivity index (χ0v) is 14.2. The van der Waals surface area contributed by atoms with Crippen LogP contribution in [-0.4, -0.2) is 41.8 Å². The Kier molecular flexibility index (Phi) is 4.89. The number of amides is 1. The quantitative estimate of drug-likeness (QED) is 0.846. The molecule has 2 aromatic rings. The fourth-order valence-electron chi connectivity index (χ4n) is 3.07. The van der Waals surface area contributed by atoms with Crippen molar-refractivity contribution in [2.45, 2.75) is 38.8 Å². The van der Waals surface area contributed by atoms with Crippen LogP contribution in [0.5, 0.6) is 5.75 Å². The second-order valence-corrected chi connectivity index (χ2v) is 5.97. The predicted octanol–water partition coefficient (Wildman–Crippen LogP) is 2.14. The van der Waals surface area contributed by atoms with Crippen LogP contribution in [0.3, 0.4) is 0 Å². The van der Waals surface area contributed by atoms with E-state index in [0.717, 1.165) is 37.3 Å². The molecule has 130 valence electrons. The van der Waals surface area contributed by atoms with Gasteiger partial charge in [-0.15, -0.1) is 0 Å². The van der Waals surface area contributed by atoms with Gasteiger partial charge in [-0.2, -0.15) is 0 Å². The summed E-state index contributed by atoms with van der Waals surface area (Å²) in [4.78, 5) is 16.3. The molecule has 3 rings (SSSR count). The summed E-state index contributed by atoms with van der Waals surface area (Å²) in [6.07, 6.45) is 2.72. The summed E-state index contributed by atoms with van der Waals surface area (Å²) >= 11 is 0. The van der Waals surface area contributed by atoms with Crippen molar-refractivity contribution in [3.05, 3.63) is 17.7 Å². The Labute approximate surface area is 141 Å². The second-order valence-electron chi connectivity index (χ2n) is 5.97. The third-order valence-electron chi connectivity index (χ3n) is 4.22. The third kappa shape index (κ3) is 3.17. The lowest BCUT2D eigenvalue weighted by atomic mass is 10.1. The number of carbonyl (C=O) groups is 1. The number of anilines is 1. The van der Waals surface area contributed by atoms with Gasteiger partial charge in [0.2, 0.25) is 11.9 Å². The molecule has 0 bridgehead atoms. The van der Waals surface area contributed by atoms with Crippen LogP contribution in [-0.2, 0) is 11.3 Å². The van der Waals surface area contributed by atoms with E-state index in [4.69, 9.17) is 15.2 Å². The van der Waals surface area contributed by atoms with Gasteiger partial charge in [0, 0.05) is 32.0 Å². The van der Waals surface area contributed by atoms with Crippen LogP contribution >= 0.6 is 0 Å². The molecule has 0 aliphatic carbocycles. The highest BCUT2D eigenvalue weighted by atomic mass is 16.5. The summed E-state index contributed by atoms with van der Waals surface area (Å²) in [6, 6.07) is 3.45. The molecule has 0 atom stereocenters. The monoisotopic (exact) mass is 332 g/mol. The summed E-state index contributed by atoms with van der Waals surface area (Å²) in [5.74, 6) is 0.936. The van der Waals surface area contributed by atoms with Gasteiger partial charge in [0.1, 0.15) is 17.4 Å². The van der Waals surface area contributed by atoms with Crippen LogP contribution in [0.25, 0.3) is 11.0 Å². The maximum atomic E-state index is 11.7. The lowest BCUT2D eigenvalue weighted by molar-refractivity contribution is 0.0260. The van der Waals surface area contributed by atoms with E-state index in [1.54, 1.807) is 12.1 Å². The molecule has 1 aromatic carbocycles. The number of aromatic nitrogens is 2. The zero-order valence-electron chi connectivity index (χ0n) is 14.2. The number of hydrogen-bond acceptors (Lipinski definition) is 5. The number of fused-ring (bicyclic) bond motifs is 1. The maximum absolute atomic E-state index is 11.7. The van der Waals surface area contributed by atoms with E-state index in [0.29, 0.717) is 30.0 Å². The number of hydrogen-bond donors (Lipinski definition) is 2. The molecule has 1 aliphatic rings. The average molecular weight is 332 g/mol. The van der Waals surface area contributed by atoms with Gasteiger partial charge in [-0.1, -0.05) is 6.92 Å². The van der Waals surface area contributed by atoms with Crippen molar-refractivity contribution in [3.63, 3.8) is 0 Å². The molecular formula is C17H24N4O3. The molecule has 7 nitrogen and oxygen atoms in total. The molecule has 0 spiro atoms. The largest absolute Gasteiger partial charge is 0.488 e. The van der Waals surface area contributed by atoms with Gasteiger partial charge < -0.3 is 25.1 Å². The van der Waals surface area contributed by atoms with Crippen LogP contribution in [0.2, 0.25) is 0 Å². The van der Waals surface area contributed by atoms with Crippen molar-refractivity contribution in [1.29, 1.82) is 0 Å². The number of rotatable bonds is 6. The summed E-state index contributed by atoms with van der Waals surface area (Å²) in [5, 5.41) is 3.11. The molecule has 1 aliphatic heterocycles. The molecule has 1 saturated heterocycles. The first-order valence-corrected chi connectivity index (χ1v) is 8.40. The fourth-order valence-corrected chi connectivity index (χ4v) is 3.07. The van der Waals surface area contributed by atoms with Gasteiger partial charge in [0.25, 0.3) is 0 Å². The molecule has 7 heteroatoms. The van der Waals surface area contributed by atoms with Crippen molar-refractivity contribution in [3.8, 4) is 5.75 Å². The Balaban J connectivity index is 2.11. The third-order valence-corrected chi connectivity index (χ3v) is 4.22. The molecule has 1 amide bonds. The average Bonchev–Trinajstić information content (AvgIpc) is 2.94. The maximum Gasteiger partial charge on any atom is 0.248 e. The Morgan fingerprint density at radius 1 is 1.46 bits per heavy atom.